The van der Waals surface area contributed by atoms with Crippen LogP contribution in [0.1, 0.15) is 50.7 Å². The predicted octanol–water partition coefficient (Wildman–Crippen LogP) is 12.3. The van der Waals surface area contributed by atoms with Gasteiger partial charge < -0.3 is 24.3 Å². The lowest BCUT2D eigenvalue weighted by atomic mass is 9.28. The first-order chi connectivity index (χ1) is 36.4. The maximum atomic E-state index is 2.71. The molecular formula is C66H50B3N5. The summed E-state index contributed by atoms with van der Waals surface area (Å²) in [5, 5.41) is 0. The molecule has 8 heteroatoms. The predicted molar refractivity (Wildman–Crippen MR) is 316 cm³/mol. The Kier molecular flexibility index (Phi) is 8.76. The van der Waals surface area contributed by atoms with E-state index in [1.807, 2.05) is 0 Å². The maximum absolute atomic E-state index is 2.71. The van der Waals surface area contributed by atoms with E-state index in [9.17, 15) is 0 Å². The minimum Gasteiger partial charge on any atom is -0.376 e. The third-order valence-electron chi connectivity index (χ3n) is 17.1. The molecule has 0 radical (unpaired) electrons. The Morgan fingerprint density at radius 2 is 0.743 bits per heavy atom. The first-order valence-corrected chi connectivity index (χ1v) is 26.5. The molecule has 10 aromatic rings. The van der Waals surface area contributed by atoms with E-state index in [0.717, 1.165) is 28.4 Å². The van der Waals surface area contributed by atoms with Gasteiger partial charge in [0.25, 0.3) is 6.71 Å². The average Bonchev–Trinajstić information content (AvgIpc) is 3.45. The van der Waals surface area contributed by atoms with Crippen LogP contribution in [0, 0.1) is 0 Å². The van der Waals surface area contributed by atoms with Gasteiger partial charge in [-0.15, -0.1) is 0 Å². The lowest BCUT2D eigenvalue weighted by Crippen LogP contribution is -2.74. The molecule has 6 aliphatic heterocycles. The number of para-hydroxylation sites is 6. The summed E-state index contributed by atoms with van der Waals surface area (Å²) < 4.78 is 0. The van der Waals surface area contributed by atoms with Crippen LogP contribution in [0.3, 0.4) is 0 Å². The van der Waals surface area contributed by atoms with Crippen molar-refractivity contribution in [2.45, 2.75) is 39.5 Å². The van der Waals surface area contributed by atoms with E-state index in [2.05, 4.69) is 270 Å². The van der Waals surface area contributed by atoms with Gasteiger partial charge in [-0.05, 0) is 152 Å². The third-order valence-corrected chi connectivity index (χ3v) is 17.1. The van der Waals surface area contributed by atoms with Crippen molar-refractivity contribution >= 4 is 133 Å². The molecule has 0 aromatic heterocycles. The molecule has 74 heavy (non-hydrogen) atoms. The molecular weight excluding hydrogens is 895 g/mol. The Morgan fingerprint density at radius 3 is 1.18 bits per heavy atom. The zero-order valence-corrected chi connectivity index (χ0v) is 41.9. The second-order valence-electron chi connectivity index (χ2n) is 21.6. The number of rotatable bonds is 7. The summed E-state index contributed by atoms with van der Waals surface area (Å²) >= 11 is 0. The summed E-state index contributed by atoms with van der Waals surface area (Å²) in [6.45, 7) is 9.04. The molecule has 0 unspecified atom stereocenters. The van der Waals surface area contributed by atoms with Gasteiger partial charge >= 0.3 is 13.7 Å². The van der Waals surface area contributed by atoms with Crippen molar-refractivity contribution in [2.75, 3.05) is 24.3 Å². The lowest BCUT2D eigenvalue weighted by Gasteiger charge is -2.57. The Bertz CT molecular complexity index is 3730. The van der Waals surface area contributed by atoms with Crippen LogP contribution in [0.2, 0.25) is 0 Å². The third kappa shape index (κ3) is 5.52. The molecule has 0 saturated carbocycles. The van der Waals surface area contributed by atoms with E-state index in [4.69, 9.17) is 0 Å². The molecule has 0 spiro atoms. The van der Waals surface area contributed by atoms with Gasteiger partial charge in [-0.3, -0.25) is 0 Å². The van der Waals surface area contributed by atoms with E-state index >= 15 is 0 Å². The maximum Gasteiger partial charge on any atom is 0.333 e. The Balaban J connectivity index is 1.14. The summed E-state index contributed by atoms with van der Waals surface area (Å²) in [6, 6.07) is 82.9. The van der Waals surface area contributed by atoms with Crippen molar-refractivity contribution in [3.8, 4) is 11.1 Å². The summed E-state index contributed by atoms with van der Waals surface area (Å²) in [6.07, 6.45) is 0. The number of hydrogen-bond acceptors (Lipinski definition) is 5. The van der Waals surface area contributed by atoms with Gasteiger partial charge in [-0.25, -0.2) is 0 Å². The normalized spacial score (nSPS) is 14.3. The Labute approximate surface area is 434 Å². The zero-order chi connectivity index (χ0) is 49.1. The number of anilines is 13. The fourth-order valence-corrected chi connectivity index (χ4v) is 14.0. The van der Waals surface area contributed by atoms with Crippen LogP contribution in [0.4, 0.5) is 73.9 Å². The van der Waals surface area contributed by atoms with Gasteiger partial charge in [-0.1, -0.05) is 161 Å². The summed E-state index contributed by atoms with van der Waals surface area (Å²) in [5.41, 5.74) is 30.7. The van der Waals surface area contributed by atoms with Crippen molar-refractivity contribution in [1.29, 1.82) is 0 Å². The molecule has 5 nitrogen and oxygen atoms in total. The topological polar surface area (TPSA) is 16.2 Å². The number of fused-ring (bicyclic) bond motifs is 12. The monoisotopic (exact) mass is 945 g/mol. The highest BCUT2D eigenvalue weighted by atomic mass is 15.2. The first kappa shape index (κ1) is 42.0. The second-order valence-corrected chi connectivity index (χ2v) is 21.6. The zero-order valence-electron chi connectivity index (χ0n) is 41.9. The molecule has 6 heterocycles. The smallest absolute Gasteiger partial charge is 0.333 e. The van der Waals surface area contributed by atoms with Crippen LogP contribution >= 0.6 is 0 Å². The molecule has 10 aromatic carbocycles. The van der Waals surface area contributed by atoms with E-state index in [1.54, 1.807) is 0 Å². The van der Waals surface area contributed by atoms with Gasteiger partial charge in [0.2, 0.25) is 0 Å². The summed E-state index contributed by atoms with van der Waals surface area (Å²) in [7, 11) is 0. The quantitative estimate of drug-likeness (QED) is 0.148. The average molecular weight is 946 g/mol. The molecule has 16 rings (SSSR count). The summed E-state index contributed by atoms with van der Waals surface area (Å²) in [4.78, 5) is 13.3. The van der Waals surface area contributed by atoms with Crippen LogP contribution in [-0.4, -0.2) is 20.4 Å². The van der Waals surface area contributed by atoms with E-state index < -0.39 is 0 Å². The van der Waals surface area contributed by atoms with Crippen molar-refractivity contribution < 1.29 is 0 Å². The molecule has 0 bridgehead atoms. The Hall–Kier alpha value is -8.61. The van der Waals surface area contributed by atoms with Crippen molar-refractivity contribution in [3.63, 3.8) is 0 Å². The minimum absolute atomic E-state index is 0.00382. The van der Waals surface area contributed by atoms with Crippen LogP contribution < -0.4 is 62.6 Å². The van der Waals surface area contributed by atoms with Gasteiger partial charge in [-0.2, -0.15) is 0 Å². The van der Waals surface area contributed by atoms with E-state index in [0.29, 0.717) is 11.8 Å². The highest BCUT2D eigenvalue weighted by Crippen LogP contribution is 2.58. The number of benzene rings is 10. The summed E-state index contributed by atoms with van der Waals surface area (Å²) in [5.74, 6) is 0.732. The van der Waals surface area contributed by atoms with Crippen LogP contribution in [0.15, 0.2) is 218 Å². The van der Waals surface area contributed by atoms with Crippen molar-refractivity contribution in [1.82, 2.24) is 0 Å². The molecule has 0 amide bonds. The van der Waals surface area contributed by atoms with Gasteiger partial charge in [0.15, 0.2) is 0 Å². The lowest BCUT2D eigenvalue weighted by molar-refractivity contribution is 0.866. The fourth-order valence-electron chi connectivity index (χ4n) is 14.0. The molecule has 0 fully saturated rings. The van der Waals surface area contributed by atoms with Crippen molar-refractivity contribution in [2.24, 2.45) is 0 Å². The SMILES string of the molecule is CC(C)c1ccc2c(c1)N1c3ccccc3B3c4c5c6c7c(c41)B2c1ccc(C(C)C)cc1N7c1ccccc1B6N(c1ccccc1)c1cc(N(c2ccccc2)c2ccccc2)cc(c1-5)N3c1ccccc1. The fraction of sp³-hybridized carbons (Fsp3) is 0.0909. The van der Waals surface area contributed by atoms with Gasteiger partial charge in [0, 0.05) is 73.8 Å². The highest BCUT2D eigenvalue weighted by Gasteiger charge is 2.59. The molecule has 0 aliphatic carbocycles. The largest absolute Gasteiger partial charge is 0.376 e. The molecule has 0 N–H and O–H groups in total. The van der Waals surface area contributed by atoms with E-state index in [-0.39, 0.29) is 20.4 Å². The molecule has 0 saturated heterocycles. The number of nitrogens with zero attached hydrogens (tertiary/aromatic N) is 5. The first-order valence-electron chi connectivity index (χ1n) is 26.5. The van der Waals surface area contributed by atoms with Crippen LogP contribution in [0.25, 0.3) is 11.1 Å². The Morgan fingerprint density at radius 1 is 0.338 bits per heavy atom. The molecule has 0 atom stereocenters. The van der Waals surface area contributed by atoms with E-state index in [1.165, 1.54) is 106 Å². The standard InChI is InChI=1S/C66H50B3N5/c1-41(2)43-33-35-50-56(37-43)71-54-31-19-17-29-52(54)68-62-61-60-58(73(68)47-25-13-7-14-26-47)39-49(70(45-21-9-5-10-22-45)46-23-11-6-12-24-46)40-59(60)74(48-27-15-8-16-28-48)69-53-30-18-20-32-55(53)72-57-38-44(42(3)4)34-36-51(57)67(50)64(65(62)71)66(72)63(61)69/h5-42H,1-4H3. The van der Waals surface area contributed by atoms with Gasteiger partial charge in [0.05, 0.1) is 5.69 Å². The highest BCUT2D eigenvalue weighted by molar-refractivity contribution is 7.05. The molecule has 6 aliphatic rings. The van der Waals surface area contributed by atoms with Crippen LogP contribution in [-0.2, 0) is 0 Å². The van der Waals surface area contributed by atoms with Crippen molar-refractivity contribution in [3.05, 3.63) is 230 Å². The molecule has 348 valence electrons. The minimum atomic E-state index is -0.149. The van der Waals surface area contributed by atoms with Crippen LogP contribution in [0.5, 0.6) is 0 Å². The van der Waals surface area contributed by atoms with Gasteiger partial charge in [0.1, 0.15) is 0 Å². The number of hydrogen-bond donors (Lipinski definition) is 0. The second kappa shape index (κ2) is 15.5.